The highest BCUT2D eigenvalue weighted by Gasteiger charge is 2.29. The number of likely N-dealkylation sites (tertiary alicyclic amines) is 1. The summed E-state index contributed by atoms with van der Waals surface area (Å²) in [6, 6.07) is 3.53. The van der Waals surface area contributed by atoms with Crippen molar-refractivity contribution in [1.82, 2.24) is 15.2 Å². The second-order valence-corrected chi connectivity index (χ2v) is 4.77. The summed E-state index contributed by atoms with van der Waals surface area (Å²) in [5.74, 6) is 0.338. The van der Waals surface area contributed by atoms with Crippen molar-refractivity contribution in [2.24, 2.45) is 0 Å². The number of carbonyl (C=O) groups excluding carboxylic acids is 1. The maximum absolute atomic E-state index is 12.0. The van der Waals surface area contributed by atoms with Crippen LogP contribution in [-0.4, -0.2) is 60.3 Å². The topological polar surface area (TPSA) is 74.7 Å². The minimum Gasteiger partial charge on any atom is -0.481 e. The van der Waals surface area contributed by atoms with E-state index in [1.165, 1.54) is 13.3 Å². The number of aromatic nitrogens is 1. The van der Waals surface area contributed by atoms with Crippen molar-refractivity contribution in [3.63, 3.8) is 0 Å². The Hall–Kier alpha value is -1.66. The standard InChI is InChI=1S/C13H19N3O3/c1-16-7-10(5-11(16)8-17)15-13(18)9-3-4-12(19-2)14-6-9/h3-4,6,10-11,17H,5,7-8H2,1-2H3,(H,15,18)/t10-,11+/m1/s1. The van der Waals surface area contributed by atoms with Gasteiger partial charge in [-0.1, -0.05) is 0 Å². The van der Waals surface area contributed by atoms with Crippen molar-refractivity contribution < 1.29 is 14.6 Å². The van der Waals surface area contributed by atoms with E-state index in [1.807, 2.05) is 7.05 Å². The lowest BCUT2D eigenvalue weighted by Gasteiger charge is -2.15. The minimum absolute atomic E-state index is 0.0664. The van der Waals surface area contributed by atoms with Gasteiger partial charge in [0, 0.05) is 30.9 Å². The molecule has 0 bridgehead atoms. The molecule has 6 heteroatoms. The third-order valence-electron chi connectivity index (χ3n) is 3.44. The Morgan fingerprint density at radius 1 is 1.63 bits per heavy atom. The van der Waals surface area contributed by atoms with Gasteiger partial charge in [0.2, 0.25) is 5.88 Å². The van der Waals surface area contributed by atoms with E-state index in [9.17, 15) is 9.90 Å². The van der Waals surface area contributed by atoms with Crippen molar-refractivity contribution in [2.45, 2.75) is 18.5 Å². The van der Waals surface area contributed by atoms with E-state index in [2.05, 4.69) is 15.2 Å². The molecule has 0 saturated carbocycles. The molecule has 1 fully saturated rings. The van der Waals surface area contributed by atoms with E-state index in [4.69, 9.17) is 4.74 Å². The molecule has 2 N–H and O–H groups in total. The molecule has 2 rings (SSSR count). The van der Waals surface area contributed by atoms with Gasteiger partial charge < -0.3 is 15.2 Å². The number of carbonyl (C=O) groups is 1. The third-order valence-corrected chi connectivity index (χ3v) is 3.44. The number of hydrogen-bond acceptors (Lipinski definition) is 5. The van der Waals surface area contributed by atoms with Crippen molar-refractivity contribution in [3.8, 4) is 5.88 Å². The summed E-state index contributed by atoms with van der Waals surface area (Å²) in [5, 5.41) is 12.1. The van der Waals surface area contributed by atoms with E-state index < -0.39 is 0 Å². The molecule has 1 amide bonds. The van der Waals surface area contributed by atoms with Crippen LogP contribution >= 0.6 is 0 Å². The fourth-order valence-electron chi connectivity index (χ4n) is 2.30. The highest BCUT2D eigenvalue weighted by Crippen LogP contribution is 2.16. The maximum Gasteiger partial charge on any atom is 0.253 e. The van der Waals surface area contributed by atoms with Gasteiger partial charge in [0.15, 0.2) is 0 Å². The van der Waals surface area contributed by atoms with Crippen LogP contribution in [0.4, 0.5) is 0 Å². The van der Waals surface area contributed by atoms with Crippen LogP contribution in [0.5, 0.6) is 5.88 Å². The number of pyridine rings is 1. The molecule has 0 radical (unpaired) electrons. The first kappa shape index (κ1) is 13.8. The summed E-state index contributed by atoms with van der Waals surface area (Å²) >= 11 is 0. The summed E-state index contributed by atoms with van der Waals surface area (Å²) < 4.78 is 4.95. The lowest BCUT2D eigenvalue weighted by Crippen LogP contribution is -2.36. The molecule has 19 heavy (non-hydrogen) atoms. The molecule has 0 aliphatic carbocycles. The Morgan fingerprint density at radius 3 is 2.95 bits per heavy atom. The van der Waals surface area contributed by atoms with E-state index in [1.54, 1.807) is 12.1 Å². The maximum atomic E-state index is 12.0. The predicted molar refractivity (Wildman–Crippen MR) is 70.2 cm³/mol. The van der Waals surface area contributed by atoms with Crippen LogP contribution in [0.2, 0.25) is 0 Å². The van der Waals surface area contributed by atoms with E-state index in [-0.39, 0.29) is 24.6 Å². The van der Waals surface area contributed by atoms with Crippen molar-refractivity contribution >= 4 is 5.91 Å². The van der Waals surface area contributed by atoms with Gasteiger partial charge in [0.1, 0.15) is 0 Å². The second kappa shape index (κ2) is 5.99. The molecule has 2 atom stereocenters. The quantitative estimate of drug-likeness (QED) is 0.794. The predicted octanol–water partition coefficient (Wildman–Crippen LogP) is -0.115. The van der Waals surface area contributed by atoms with Crippen LogP contribution in [0.1, 0.15) is 16.8 Å². The highest BCUT2D eigenvalue weighted by atomic mass is 16.5. The molecule has 2 heterocycles. The smallest absolute Gasteiger partial charge is 0.253 e. The van der Waals surface area contributed by atoms with Crippen LogP contribution in [0.25, 0.3) is 0 Å². The molecule has 1 aromatic rings. The van der Waals surface area contributed by atoms with Gasteiger partial charge >= 0.3 is 0 Å². The molecular formula is C13H19N3O3. The number of nitrogens with zero attached hydrogens (tertiary/aromatic N) is 2. The Morgan fingerprint density at radius 2 is 2.42 bits per heavy atom. The molecule has 1 aromatic heterocycles. The molecule has 6 nitrogen and oxygen atoms in total. The average molecular weight is 265 g/mol. The number of likely N-dealkylation sites (N-methyl/N-ethyl adjacent to an activating group) is 1. The zero-order valence-electron chi connectivity index (χ0n) is 11.2. The number of aliphatic hydroxyl groups excluding tert-OH is 1. The molecular weight excluding hydrogens is 246 g/mol. The second-order valence-electron chi connectivity index (χ2n) is 4.77. The fraction of sp³-hybridized carbons (Fsp3) is 0.538. The van der Waals surface area contributed by atoms with Gasteiger partial charge in [0.25, 0.3) is 5.91 Å². The largest absolute Gasteiger partial charge is 0.481 e. The van der Waals surface area contributed by atoms with Crippen LogP contribution in [-0.2, 0) is 0 Å². The van der Waals surface area contributed by atoms with E-state index in [0.717, 1.165) is 13.0 Å². The van der Waals surface area contributed by atoms with Gasteiger partial charge in [0.05, 0.1) is 19.3 Å². The zero-order valence-corrected chi connectivity index (χ0v) is 11.2. The number of rotatable bonds is 4. The summed E-state index contributed by atoms with van der Waals surface area (Å²) in [7, 11) is 3.48. The van der Waals surface area contributed by atoms with Crippen molar-refractivity contribution in [3.05, 3.63) is 23.9 Å². The minimum atomic E-state index is -0.146. The molecule has 104 valence electrons. The normalized spacial score (nSPS) is 23.3. The van der Waals surface area contributed by atoms with Crippen LogP contribution < -0.4 is 10.1 Å². The van der Waals surface area contributed by atoms with Crippen LogP contribution in [0.3, 0.4) is 0 Å². The van der Waals surface area contributed by atoms with Crippen molar-refractivity contribution in [2.75, 3.05) is 27.3 Å². The summed E-state index contributed by atoms with van der Waals surface area (Å²) in [6.07, 6.45) is 2.26. The number of nitrogens with one attached hydrogen (secondary N) is 1. The molecule has 0 aromatic carbocycles. The lowest BCUT2D eigenvalue weighted by atomic mass is 10.1. The number of hydrogen-bond donors (Lipinski definition) is 2. The Labute approximate surface area is 112 Å². The number of aliphatic hydroxyl groups is 1. The van der Waals surface area contributed by atoms with Gasteiger partial charge in [-0.2, -0.15) is 0 Å². The van der Waals surface area contributed by atoms with E-state index >= 15 is 0 Å². The highest BCUT2D eigenvalue weighted by molar-refractivity contribution is 5.94. The first-order valence-electron chi connectivity index (χ1n) is 6.26. The van der Waals surface area contributed by atoms with Gasteiger partial charge in [-0.15, -0.1) is 0 Å². The summed E-state index contributed by atoms with van der Waals surface area (Å²) in [6.45, 7) is 0.869. The fourth-order valence-corrected chi connectivity index (χ4v) is 2.30. The monoisotopic (exact) mass is 265 g/mol. The Kier molecular flexibility index (Phi) is 4.34. The number of amides is 1. The average Bonchev–Trinajstić information content (AvgIpc) is 2.78. The van der Waals surface area contributed by atoms with Gasteiger partial charge in [-0.3, -0.25) is 9.69 Å². The Bertz CT molecular complexity index is 435. The first-order valence-corrected chi connectivity index (χ1v) is 6.26. The summed E-state index contributed by atoms with van der Waals surface area (Å²) in [4.78, 5) is 18.1. The molecule has 0 unspecified atom stereocenters. The summed E-state index contributed by atoms with van der Waals surface area (Å²) in [5.41, 5.74) is 0.510. The van der Waals surface area contributed by atoms with Crippen molar-refractivity contribution in [1.29, 1.82) is 0 Å². The first-order chi connectivity index (χ1) is 9.13. The van der Waals surface area contributed by atoms with Gasteiger partial charge in [-0.05, 0) is 19.5 Å². The zero-order chi connectivity index (χ0) is 13.8. The number of methoxy groups -OCH3 is 1. The molecule has 1 aliphatic heterocycles. The number of ether oxygens (including phenoxy) is 1. The Balaban J connectivity index is 1.94. The van der Waals surface area contributed by atoms with Crippen LogP contribution in [0.15, 0.2) is 18.3 Å². The molecule has 1 saturated heterocycles. The lowest BCUT2D eigenvalue weighted by molar-refractivity contribution is 0.0938. The molecule has 0 spiro atoms. The third kappa shape index (κ3) is 3.21. The van der Waals surface area contributed by atoms with E-state index in [0.29, 0.717) is 11.4 Å². The SMILES string of the molecule is COc1ccc(C(=O)N[C@@H]2C[C@@H](CO)N(C)C2)cn1. The van der Waals surface area contributed by atoms with Gasteiger partial charge in [-0.25, -0.2) is 4.98 Å². The van der Waals surface area contributed by atoms with Crippen LogP contribution in [0, 0.1) is 0 Å². The molecule has 1 aliphatic rings.